The Kier molecular flexibility index (Phi) is 5.56. The second kappa shape index (κ2) is 7.62. The molecule has 1 aliphatic heterocycles. The Labute approximate surface area is 134 Å². The van der Waals surface area contributed by atoms with Gasteiger partial charge < -0.3 is 20.2 Å². The van der Waals surface area contributed by atoms with E-state index >= 15 is 0 Å². The molecule has 0 spiro atoms. The van der Waals surface area contributed by atoms with Crippen LogP contribution in [0.25, 0.3) is 0 Å². The molecule has 0 atom stereocenters. The minimum atomic E-state index is -0.949. The molecule has 0 unspecified atom stereocenters. The van der Waals surface area contributed by atoms with Crippen molar-refractivity contribution < 1.29 is 19.5 Å². The van der Waals surface area contributed by atoms with Gasteiger partial charge in [-0.2, -0.15) is 0 Å². The molecular weight excluding hydrogens is 298 g/mol. The average molecular weight is 319 g/mol. The molecule has 3 amide bonds. The van der Waals surface area contributed by atoms with Crippen LogP contribution < -0.4 is 10.2 Å². The molecule has 2 N–H and O–H groups in total. The van der Waals surface area contributed by atoms with E-state index in [0.717, 1.165) is 18.5 Å². The van der Waals surface area contributed by atoms with Crippen LogP contribution in [-0.4, -0.2) is 48.1 Å². The van der Waals surface area contributed by atoms with Gasteiger partial charge in [-0.05, 0) is 31.0 Å². The molecule has 7 nitrogen and oxygen atoms in total. The van der Waals surface area contributed by atoms with Crippen molar-refractivity contribution in [2.24, 2.45) is 0 Å². The van der Waals surface area contributed by atoms with E-state index in [1.165, 1.54) is 11.9 Å². The molecule has 1 fully saturated rings. The molecule has 0 saturated carbocycles. The van der Waals surface area contributed by atoms with Crippen LogP contribution in [0.1, 0.15) is 25.7 Å². The van der Waals surface area contributed by atoms with Gasteiger partial charge in [0.25, 0.3) is 0 Å². The van der Waals surface area contributed by atoms with E-state index in [1.54, 1.807) is 23.1 Å². The summed E-state index contributed by atoms with van der Waals surface area (Å²) in [5, 5.41) is 11.4. The van der Waals surface area contributed by atoms with Crippen LogP contribution in [0, 0.1) is 0 Å². The summed E-state index contributed by atoms with van der Waals surface area (Å²) in [6.45, 7) is 0.820. The van der Waals surface area contributed by atoms with Gasteiger partial charge in [-0.15, -0.1) is 0 Å². The fourth-order valence-corrected chi connectivity index (χ4v) is 2.41. The summed E-state index contributed by atoms with van der Waals surface area (Å²) in [5.74, 6) is -0.853. The maximum absolute atomic E-state index is 12.0. The first-order valence-electron chi connectivity index (χ1n) is 7.61. The summed E-state index contributed by atoms with van der Waals surface area (Å²) in [4.78, 5) is 37.6. The van der Waals surface area contributed by atoms with E-state index in [-0.39, 0.29) is 24.9 Å². The first kappa shape index (κ1) is 16.8. The zero-order valence-electron chi connectivity index (χ0n) is 13.1. The normalized spacial score (nSPS) is 14.5. The highest BCUT2D eigenvalue weighted by molar-refractivity contribution is 5.95. The van der Waals surface area contributed by atoms with Crippen molar-refractivity contribution >= 4 is 29.3 Å². The van der Waals surface area contributed by atoms with E-state index in [1.807, 2.05) is 6.07 Å². The van der Waals surface area contributed by atoms with Crippen LogP contribution in [0.2, 0.25) is 0 Å². The predicted octanol–water partition coefficient (Wildman–Crippen LogP) is 2.14. The summed E-state index contributed by atoms with van der Waals surface area (Å²) in [5.41, 5.74) is 1.34. The fraction of sp³-hybridized carbons (Fsp3) is 0.438. The van der Waals surface area contributed by atoms with Gasteiger partial charge >= 0.3 is 12.0 Å². The minimum absolute atomic E-state index is 0.0957. The number of carbonyl (C=O) groups is 3. The number of carboxylic acids is 1. The quantitative estimate of drug-likeness (QED) is 0.870. The zero-order valence-corrected chi connectivity index (χ0v) is 13.1. The second-order valence-electron chi connectivity index (χ2n) is 5.55. The minimum Gasteiger partial charge on any atom is -0.481 e. The third-order valence-corrected chi connectivity index (χ3v) is 3.74. The van der Waals surface area contributed by atoms with Gasteiger partial charge in [-0.25, -0.2) is 4.79 Å². The van der Waals surface area contributed by atoms with Gasteiger partial charge in [0, 0.05) is 37.9 Å². The maximum atomic E-state index is 12.0. The topological polar surface area (TPSA) is 89.9 Å². The molecule has 0 radical (unpaired) electrons. The van der Waals surface area contributed by atoms with Crippen molar-refractivity contribution in [2.75, 3.05) is 30.4 Å². The number of aliphatic carboxylic acids is 1. The number of hydrogen-bond donors (Lipinski definition) is 2. The highest BCUT2D eigenvalue weighted by Gasteiger charge is 2.20. The number of rotatable bonds is 5. The summed E-state index contributed by atoms with van der Waals surface area (Å²) < 4.78 is 0. The van der Waals surface area contributed by atoms with Crippen molar-refractivity contribution in [1.29, 1.82) is 0 Å². The first-order chi connectivity index (χ1) is 11.0. The van der Waals surface area contributed by atoms with E-state index in [4.69, 9.17) is 5.11 Å². The Hall–Kier alpha value is -2.57. The van der Waals surface area contributed by atoms with Crippen molar-refractivity contribution in [3.8, 4) is 0 Å². The summed E-state index contributed by atoms with van der Waals surface area (Å²) >= 11 is 0. The second-order valence-corrected chi connectivity index (χ2v) is 5.55. The smallest absolute Gasteiger partial charge is 0.321 e. The van der Waals surface area contributed by atoms with E-state index in [0.29, 0.717) is 18.7 Å². The SMILES string of the molecule is CN(CCC(=O)O)C(=O)Nc1cccc(N2CCCCC2=O)c1. The predicted molar refractivity (Wildman–Crippen MR) is 86.5 cm³/mol. The van der Waals surface area contributed by atoms with Crippen LogP contribution in [0.3, 0.4) is 0 Å². The third kappa shape index (κ3) is 4.70. The molecule has 124 valence electrons. The van der Waals surface area contributed by atoms with Crippen LogP contribution in [0.15, 0.2) is 24.3 Å². The van der Waals surface area contributed by atoms with Crippen molar-refractivity contribution in [2.45, 2.75) is 25.7 Å². The Balaban J connectivity index is 2.00. The Bertz CT molecular complexity index is 603. The highest BCUT2D eigenvalue weighted by atomic mass is 16.4. The molecule has 1 heterocycles. The number of nitrogens with one attached hydrogen (secondary N) is 1. The van der Waals surface area contributed by atoms with Crippen molar-refractivity contribution in [3.63, 3.8) is 0 Å². The Morgan fingerprint density at radius 1 is 1.35 bits per heavy atom. The Morgan fingerprint density at radius 3 is 2.83 bits per heavy atom. The largest absolute Gasteiger partial charge is 0.481 e. The zero-order chi connectivity index (χ0) is 16.8. The fourth-order valence-electron chi connectivity index (χ4n) is 2.41. The first-order valence-corrected chi connectivity index (χ1v) is 7.61. The van der Waals surface area contributed by atoms with Crippen LogP contribution in [-0.2, 0) is 9.59 Å². The molecule has 0 aromatic heterocycles. The number of carboxylic acid groups (broad SMARTS) is 1. The summed E-state index contributed by atoms with van der Waals surface area (Å²) in [6, 6.07) is 6.73. The molecule has 0 bridgehead atoms. The molecule has 1 aliphatic rings. The van der Waals surface area contributed by atoms with Gasteiger partial charge in [-0.1, -0.05) is 6.07 Å². The number of carbonyl (C=O) groups excluding carboxylic acids is 2. The number of hydrogen-bond acceptors (Lipinski definition) is 3. The molecule has 1 saturated heterocycles. The molecule has 1 aromatic rings. The van der Waals surface area contributed by atoms with Crippen LogP contribution >= 0.6 is 0 Å². The van der Waals surface area contributed by atoms with E-state index in [9.17, 15) is 14.4 Å². The van der Waals surface area contributed by atoms with E-state index < -0.39 is 5.97 Å². The summed E-state index contributed by atoms with van der Waals surface area (Å²) in [7, 11) is 1.54. The molecule has 7 heteroatoms. The van der Waals surface area contributed by atoms with Gasteiger partial charge in [0.2, 0.25) is 5.91 Å². The molecule has 23 heavy (non-hydrogen) atoms. The number of benzene rings is 1. The van der Waals surface area contributed by atoms with Crippen molar-refractivity contribution in [1.82, 2.24) is 4.90 Å². The standard InChI is InChI=1S/C16H21N3O4/c1-18(10-8-15(21)22)16(23)17-12-5-4-6-13(11-12)19-9-3-2-7-14(19)20/h4-6,11H,2-3,7-10H2,1H3,(H,17,23)(H,21,22). The van der Waals surface area contributed by atoms with Gasteiger partial charge in [-0.3, -0.25) is 9.59 Å². The summed E-state index contributed by atoms with van der Waals surface area (Å²) in [6.07, 6.45) is 2.33. The number of nitrogens with zero attached hydrogens (tertiary/aromatic N) is 2. The molecule has 0 aliphatic carbocycles. The Morgan fingerprint density at radius 2 is 2.13 bits per heavy atom. The number of urea groups is 1. The van der Waals surface area contributed by atoms with Crippen LogP contribution in [0.4, 0.5) is 16.2 Å². The lowest BCUT2D eigenvalue weighted by Gasteiger charge is -2.27. The molecular formula is C16H21N3O4. The molecule has 2 rings (SSSR count). The van der Waals surface area contributed by atoms with Gasteiger partial charge in [0.1, 0.15) is 0 Å². The van der Waals surface area contributed by atoms with Crippen LogP contribution in [0.5, 0.6) is 0 Å². The lowest BCUT2D eigenvalue weighted by molar-refractivity contribution is -0.137. The maximum Gasteiger partial charge on any atom is 0.321 e. The van der Waals surface area contributed by atoms with Gasteiger partial charge in [0.05, 0.1) is 6.42 Å². The third-order valence-electron chi connectivity index (χ3n) is 3.74. The van der Waals surface area contributed by atoms with E-state index in [2.05, 4.69) is 5.32 Å². The lowest BCUT2D eigenvalue weighted by Crippen LogP contribution is -2.35. The number of amides is 3. The monoisotopic (exact) mass is 319 g/mol. The highest BCUT2D eigenvalue weighted by Crippen LogP contribution is 2.24. The average Bonchev–Trinajstić information content (AvgIpc) is 2.53. The molecule has 1 aromatic carbocycles. The van der Waals surface area contributed by atoms with Crippen molar-refractivity contribution in [3.05, 3.63) is 24.3 Å². The number of anilines is 2. The lowest BCUT2D eigenvalue weighted by atomic mass is 10.1. The number of piperidine rings is 1. The van der Waals surface area contributed by atoms with Gasteiger partial charge in [0.15, 0.2) is 0 Å².